The van der Waals surface area contributed by atoms with Crippen molar-refractivity contribution in [2.75, 3.05) is 0 Å². The van der Waals surface area contributed by atoms with E-state index in [0.717, 1.165) is 10.5 Å². The fourth-order valence-electron chi connectivity index (χ4n) is 1.52. The number of fused-ring (bicyclic) bond motifs is 1. The molecule has 1 heterocycles. The summed E-state index contributed by atoms with van der Waals surface area (Å²) in [5.41, 5.74) is 6.66. The van der Waals surface area contributed by atoms with Gasteiger partial charge in [0, 0.05) is 22.0 Å². The molecule has 1 aromatic carbocycles. The molecule has 0 bridgehead atoms. The molecule has 1 amide bonds. The van der Waals surface area contributed by atoms with E-state index in [2.05, 4.69) is 4.72 Å². The molecule has 0 atom stereocenters. The highest BCUT2D eigenvalue weighted by molar-refractivity contribution is 7.97. The van der Waals surface area contributed by atoms with Gasteiger partial charge >= 0.3 is 0 Å². The van der Waals surface area contributed by atoms with Crippen molar-refractivity contribution in [1.29, 1.82) is 5.26 Å². The van der Waals surface area contributed by atoms with Crippen LogP contribution in [0.4, 0.5) is 0 Å². The van der Waals surface area contributed by atoms with Crippen LogP contribution in [0.2, 0.25) is 5.02 Å². The van der Waals surface area contributed by atoms with Crippen LogP contribution in [0, 0.1) is 11.3 Å². The van der Waals surface area contributed by atoms with Crippen LogP contribution >= 0.6 is 23.5 Å². The fourth-order valence-corrected chi connectivity index (χ4v) is 2.62. The van der Waals surface area contributed by atoms with E-state index in [1.807, 2.05) is 18.2 Å². The Morgan fingerprint density at radius 1 is 1.59 bits per heavy atom. The molecule has 6 heteroatoms. The zero-order chi connectivity index (χ0) is 12.4. The predicted molar refractivity (Wildman–Crippen MR) is 66.0 cm³/mol. The summed E-state index contributed by atoms with van der Waals surface area (Å²) in [6.45, 7) is 0. The molecule has 0 unspecified atom stereocenters. The lowest BCUT2D eigenvalue weighted by Gasteiger charge is -2.20. The molecule has 3 N–H and O–H groups in total. The largest absolute Gasteiger partial charge is 0.365 e. The molecule has 4 nitrogen and oxygen atoms in total. The second-order valence-corrected chi connectivity index (χ2v) is 4.75. The highest BCUT2D eigenvalue weighted by Gasteiger charge is 2.19. The molecule has 0 saturated carbocycles. The van der Waals surface area contributed by atoms with E-state index in [0.29, 0.717) is 17.1 Å². The number of halogens is 1. The third-order valence-corrected chi connectivity index (χ3v) is 3.52. The quantitative estimate of drug-likeness (QED) is 0.461. The van der Waals surface area contributed by atoms with E-state index < -0.39 is 5.91 Å². The molecule has 1 aliphatic rings. The maximum absolute atomic E-state index is 11.1. The number of rotatable bonds is 1. The number of benzene rings is 1. The van der Waals surface area contributed by atoms with Crippen molar-refractivity contribution in [3.8, 4) is 6.07 Å². The van der Waals surface area contributed by atoms with E-state index in [4.69, 9.17) is 22.6 Å². The summed E-state index contributed by atoms with van der Waals surface area (Å²) in [5.74, 6) is -0.715. The first-order valence-electron chi connectivity index (χ1n) is 4.76. The third kappa shape index (κ3) is 2.38. The zero-order valence-corrected chi connectivity index (χ0v) is 10.2. The zero-order valence-electron chi connectivity index (χ0n) is 8.66. The number of amides is 1. The molecular weight excluding hydrogens is 258 g/mol. The summed E-state index contributed by atoms with van der Waals surface area (Å²) < 4.78 is 2.95. The number of nitrogens with one attached hydrogen (secondary N) is 1. The van der Waals surface area contributed by atoms with E-state index in [1.54, 1.807) is 6.07 Å². The van der Waals surface area contributed by atoms with Gasteiger partial charge in [-0.15, -0.1) is 0 Å². The maximum Gasteiger partial charge on any atom is 0.261 e. The number of hydrogen-bond donors (Lipinski definition) is 2. The third-order valence-electron chi connectivity index (χ3n) is 2.34. The standard InChI is InChI=1S/C11H8ClN3OS/c12-7-2-1-6-3-9(8(5-13)11(14)16)15-17-10(6)4-7/h1-2,4,15H,3H2,(H2,14,16). The van der Waals surface area contributed by atoms with Crippen molar-refractivity contribution in [3.05, 3.63) is 40.1 Å². The molecule has 0 fully saturated rings. The average Bonchev–Trinajstić information content (AvgIpc) is 2.29. The number of primary amides is 1. The summed E-state index contributed by atoms with van der Waals surface area (Å²) >= 11 is 7.19. The van der Waals surface area contributed by atoms with E-state index in [1.165, 1.54) is 11.9 Å². The number of nitrogens with two attached hydrogens (primary N) is 1. The molecule has 0 aliphatic carbocycles. The van der Waals surface area contributed by atoms with Crippen LogP contribution in [0.25, 0.3) is 0 Å². The minimum absolute atomic E-state index is 0.0295. The topological polar surface area (TPSA) is 78.9 Å². The lowest BCUT2D eigenvalue weighted by Crippen LogP contribution is -2.22. The number of allylic oxidation sites excluding steroid dienone is 1. The summed E-state index contributed by atoms with van der Waals surface area (Å²) in [7, 11) is 0. The van der Waals surface area contributed by atoms with Gasteiger partial charge in [-0.2, -0.15) is 5.26 Å². The van der Waals surface area contributed by atoms with Gasteiger partial charge in [-0.3, -0.25) is 4.79 Å². The molecule has 0 spiro atoms. The number of hydrogen-bond acceptors (Lipinski definition) is 4. The molecule has 86 valence electrons. The van der Waals surface area contributed by atoms with Gasteiger partial charge in [0.05, 0.1) is 0 Å². The van der Waals surface area contributed by atoms with Crippen molar-refractivity contribution < 1.29 is 4.79 Å². The number of carbonyl (C=O) groups excluding carboxylic acids is 1. The summed E-state index contributed by atoms with van der Waals surface area (Å²) in [6, 6.07) is 7.31. The monoisotopic (exact) mass is 265 g/mol. The van der Waals surface area contributed by atoms with Gasteiger partial charge < -0.3 is 10.5 Å². The van der Waals surface area contributed by atoms with Crippen LogP contribution in [-0.4, -0.2) is 5.91 Å². The van der Waals surface area contributed by atoms with Crippen LogP contribution in [-0.2, 0) is 11.2 Å². The van der Waals surface area contributed by atoms with Gasteiger partial charge in [0.15, 0.2) is 0 Å². The normalized spacial score (nSPS) is 16.5. The fraction of sp³-hybridized carbons (Fsp3) is 0.0909. The Kier molecular flexibility index (Phi) is 3.27. The summed E-state index contributed by atoms with van der Waals surface area (Å²) in [4.78, 5) is 12.1. The van der Waals surface area contributed by atoms with Gasteiger partial charge in [0.1, 0.15) is 11.6 Å². The van der Waals surface area contributed by atoms with Crippen LogP contribution < -0.4 is 10.5 Å². The first-order valence-corrected chi connectivity index (χ1v) is 5.95. The first kappa shape index (κ1) is 11.8. The summed E-state index contributed by atoms with van der Waals surface area (Å²) in [6.07, 6.45) is 0.478. The molecule has 2 rings (SSSR count). The van der Waals surface area contributed by atoms with Gasteiger partial charge in [-0.05, 0) is 29.6 Å². The van der Waals surface area contributed by atoms with Gasteiger partial charge in [0.2, 0.25) is 0 Å². The first-order chi connectivity index (χ1) is 8.11. The Hall–Kier alpha value is -1.64. The van der Waals surface area contributed by atoms with E-state index in [9.17, 15) is 4.79 Å². The van der Waals surface area contributed by atoms with Crippen molar-refractivity contribution >= 4 is 29.5 Å². The van der Waals surface area contributed by atoms with E-state index >= 15 is 0 Å². The number of nitriles is 1. The Morgan fingerprint density at radius 2 is 2.35 bits per heavy atom. The second kappa shape index (κ2) is 4.70. The van der Waals surface area contributed by atoms with Crippen molar-refractivity contribution in [1.82, 2.24) is 4.72 Å². The Bertz CT molecular complexity index is 562. The van der Waals surface area contributed by atoms with E-state index in [-0.39, 0.29) is 5.57 Å². The SMILES string of the molecule is N#CC(C(N)=O)=C1Cc2ccc(Cl)cc2SN1. The predicted octanol–water partition coefficient (Wildman–Crippen LogP) is 1.76. The molecule has 0 saturated heterocycles. The summed E-state index contributed by atoms with van der Waals surface area (Å²) in [5, 5.41) is 9.52. The molecule has 0 aromatic heterocycles. The second-order valence-electron chi connectivity index (χ2n) is 3.46. The Labute approximate surface area is 108 Å². The van der Waals surface area contributed by atoms with Crippen LogP contribution in [0.5, 0.6) is 0 Å². The van der Waals surface area contributed by atoms with Crippen molar-refractivity contribution in [2.24, 2.45) is 5.73 Å². The highest BCUT2D eigenvalue weighted by atomic mass is 35.5. The lowest BCUT2D eigenvalue weighted by molar-refractivity contribution is -0.114. The molecular formula is C11H8ClN3OS. The number of nitrogens with zero attached hydrogens (tertiary/aromatic N) is 1. The molecule has 17 heavy (non-hydrogen) atoms. The van der Waals surface area contributed by atoms with Crippen LogP contribution in [0.15, 0.2) is 34.4 Å². The lowest BCUT2D eigenvalue weighted by atomic mass is 10.1. The van der Waals surface area contributed by atoms with Crippen molar-refractivity contribution in [3.63, 3.8) is 0 Å². The Balaban J connectivity index is 2.40. The minimum atomic E-state index is -0.715. The molecule has 1 aliphatic heterocycles. The maximum atomic E-state index is 11.1. The smallest absolute Gasteiger partial charge is 0.261 e. The molecule has 0 radical (unpaired) electrons. The van der Waals surface area contributed by atoms with Gasteiger partial charge in [-0.25, -0.2) is 0 Å². The van der Waals surface area contributed by atoms with Crippen LogP contribution in [0.3, 0.4) is 0 Å². The van der Waals surface area contributed by atoms with Crippen molar-refractivity contribution in [2.45, 2.75) is 11.3 Å². The highest BCUT2D eigenvalue weighted by Crippen LogP contribution is 2.31. The molecule has 1 aromatic rings. The minimum Gasteiger partial charge on any atom is -0.365 e. The number of carbonyl (C=O) groups is 1. The van der Waals surface area contributed by atoms with Gasteiger partial charge in [-0.1, -0.05) is 17.7 Å². The van der Waals surface area contributed by atoms with Crippen LogP contribution in [0.1, 0.15) is 5.56 Å². The Morgan fingerprint density at radius 3 is 3.00 bits per heavy atom. The van der Waals surface area contributed by atoms with Gasteiger partial charge in [0.25, 0.3) is 5.91 Å². The average molecular weight is 266 g/mol.